The second kappa shape index (κ2) is 51.4. The summed E-state index contributed by atoms with van der Waals surface area (Å²) >= 11 is 14.8. The molecule has 49 heavy (non-hydrogen) atoms. The molecule has 0 radical (unpaired) electrons. The summed E-state index contributed by atoms with van der Waals surface area (Å²) in [6.07, 6.45) is 45.0. The summed E-state index contributed by atoms with van der Waals surface area (Å²) in [6, 6.07) is -0.325. The van der Waals surface area contributed by atoms with Gasteiger partial charge in [-0.15, -0.1) is 0 Å². The molecule has 9 heteroatoms. The van der Waals surface area contributed by atoms with Crippen molar-refractivity contribution < 1.29 is 28.9 Å². The minimum atomic E-state index is -0.870. The van der Waals surface area contributed by atoms with Gasteiger partial charge in [0.05, 0.1) is 6.61 Å². The van der Waals surface area contributed by atoms with Crippen molar-refractivity contribution in [2.24, 2.45) is 0 Å². The van der Waals surface area contributed by atoms with Crippen LogP contribution in [-0.2, 0) is 14.2 Å². The normalized spacial score (nSPS) is 10.8. The van der Waals surface area contributed by atoms with Gasteiger partial charge in [-0.1, -0.05) is 177 Å². The second-order valence-corrected chi connectivity index (χ2v) is 13.2. The second-order valence-electron chi connectivity index (χ2n) is 12.4. The van der Waals surface area contributed by atoms with Gasteiger partial charge >= 0.3 is 11.6 Å². The van der Waals surface area contributed by atoms with Gasteiger partial charge in [0.15, 0.2) is 12.1 Å². The lowest BCUT2D eigenvalue weighted by atomic mass is 10.1. The van der Waals surface area contributed by atoms with Gasteiger partial charge in [-0.3, -0.25) is 0 Å². The molecule has 0 fully saturated rings. The Kier molecular flexibility index (Phi) is 55.0. The molecule has 0 atom stereocenters. The topological polar surface area (TPSA) is 82.1 Å². The van der Waals surface area contributed by atoms with Gasteiger partial charge in [0, 0.05) is 18.2 Å². The van der Waals surface area contributed by atoms with Crippen LogP contribution in [0.15, 0.2) is 24.3 Å². The zero-order valence-corrected chi connectivity index (χ0v) is 33.8. The fraction of sp³-hybridized carbons (Fsp3) is 0.850. The molecule has 0 aromatic heterocycles. The molecule has 0 aliphatic heterocycles. The van der Waals surface area contributed by atoms with Crippen LogP contribution in [-0.4, -0.2) is 42.0 Å². The predicted octanol–water partition coefficient (Wildman–Crippen LogP) is 14.9. The first kappa shape index (κ1) is 52.4. The standard InChI is InChI=1S/C20H37ClO3.C18H36O.C2H2Cl2O2/c1-2-3-4-5-6-7-8-9-10-11-12-13-14-15-16-17-18-23-20(22)24-19-21;1-2-3-4-5-6-7-8-9-10-11-12-13-14-15-16-17-18-19;3-1-6-2(4)5/h9-10H,2-8,11-19H2,1H3;9-10,19H,2-8,11-18H2,1H3;1H2/b2*10-9+;. The number of rotatable bonds is 33. The van der Waals surface area contributed by atoms with E-state index < -0.39 is 11.6 Å². The fourth-order valence-electron chi connectivity index (χ4n) is 4.99. The van der Waals surface area contributed by atoms with Crippen LogP contribution in [0.3, 0.4) is 0 Å². The maximum Gasteiger partial charge on any atom is 0.509 e. The van der Waals surface area contributed by atoms with Crippen LogP contribution in [0.4, 0.5) is 9.59 Å². The molecule has 0 heterocycles. The molecule has 0 bridgehead atoms. The van der Waals surface area contributed by atoms with Crippen molar-refractivity contribution in [1.82, 2.24) is 0 Å². The lowest BCUT2D eigenvalue weighted by Crippen LogP contribution is -2.07. The molecule has 0 aliphatic rings. The number of hydrogen-bond acceptors (Lipinski definition) is 6. The minimum absolute atomic E-state index is 0.147. The number of unbranched alkanes of at least 4 members (excludes halogenated alkanes) is 24. The van der Waals surface area contributed by atoms with Crippen LogP contribution >= 0.6 is 34.8 Å². The third kappa shape index (κ3) is 59.5. The van der Waals surface area contributed by atoms with E-state index >= 15 is 0 Å². The molecule has 0 spiro atoms. The number of aliphatic hydroxyl groups is 1. The number of allylic oxidation sites excluding steroid dienone is 4. The Morgan fingerprint density at radius 2 is 0.796 bits per heavy atom. The van der Waals surface area contributed by atoms with E-state index in [9.17, 15) is 9.59 Å². The van der Waals surface area contributed by atoms with E-state index in [0.717, 1.165) is 19.3 Å². The Labute approximate surface area is 317 Å². The van der Waals surface area contributed by atoms with Gasteiger partial charge in [-0.25, -0.2) is 9.59 Å². The van der Waals surface area contributed by atoms with Gasteiger partial charge in [0.1, 0.15) is 0 Å². The first-order valence-electron chi connectivity index (χ1n) is 19.6. The van der Waals surface area contributed by atoms with E-state index in [1.807, 2.05) is 0 Å². The number of carbonyl (C=O) groups is 2. The average molecular weight is 758 g/mol. The van der Waals surface area contributed by atoms with Crippen molar-refractivity contribution in [1.29, 1.82) is 0 Å². The van der Waals surface area contributed by atoms with Crippen LogP contribution in [0.1, 0.15) is 194 Å². The van der Waals surface area contributed by atoms with Crippen LogP contribution in [0.5, 0.6) is 0 Å². The zero-order chi connectivity index (χ0) is 36.7. The molecule has 0 rings (SSSR count). The Bertz CT molecular complexity index is 691. The highest BCUT2D eigenvalue weighted by molar-refractivity contribution is 6.61. The predicted molar refractivity (Wildman–Crippen MR) is 212 cm³/mol. The van der Waals surface area contributed by atoms with Crippen LogP contribution in [0.25, 0.3) is 0 Å². The number of carbonyl (C=O) groups excluding carboxylic acids is 2. The van der Waals surface area contributed by atoms with Crippen LogP contribution < -0.4 is 0 Å². The summed E-state index contributed by atoms with van der Waals surface area (Å²) in [4.78, 5) is 20.4. The van der Waals surface area contributed by atoms with Crippen molar-refractivity contribution in [2.75, 3.05) is 25.3 Å². The Hall–Kier alpha value is -0.950. The zero-order valence-electron chi connectivity index (χ0n) is 31.6. The highest BCUT2D eigenvalue weighted by atomic mass is 35.5. The van der Waals surface area contributed by atoms with Crippen molar-refractivity contribution in [2.45, 2.75) is 194 Å². The molecule has 1 N–H and O–H groups in total. The largest absolute Gasteiger partial charge is 0.509 e. The highest BCUT2D eigenvalue weighted by Gasteiger charge is 2.01. The summed E-state index contributed by atoms with van der Waals surface area (Å²) in [7, 11) is 0. The molecule has 0 aromatic rings. The van der Waals surface area contributed by atoms with Crippen LogP contribution in [0.2, 0.25) is 0 Å². The van der Waals surface area contributed by atoms with E-state index in [4.69, 9.17) is 33.0 Å². The third-order valence-corrected chi connectivity index (χ3v) is 8.21. The van der Waals surface area contributed by atoms with Gasteiger partial charge < -0.3 is 19.3 Å². The molecular weight excluding hydrogens is 683 g/mol. The summed E-state index contributed by atoms with van der Waals surface area (Å²) in [5.74, 6) is 0. The van der Waals surface area contributed by atoms with E-state index in [-0.39, 0.29) is 12.1 Å². The number of alkyl halides is 2. The van der Waals surface area contributed by atoms with E-state index in [2.05, 4.69) is 59.2 Å². The maximum absolute atomic E-state index is 10.9. The molecular formula is C40H75Cl3O6. The molecule has 292 valence electrons. The quantitative estimate of drug-likeness (QED) is 0.0236. The molecule has 0 unspecified atom stereocenters. The Morgan fingerprint density at radius 3 is 1.10 bits per heavy atom. The maximum atomic E-state index is 10.9. The number of hydrogen-bond donors (Lipinski definition) is 1. The number of ether oxygens (including phenoxy) is 3. The molecule has 6 nitrogen and oxygen atoms in total. The Balaban J connectivity index is -0.000000753. The van der Waals surface area contributed by atoms with Gasteiger partial charge in [-0.2, -0.15) is 0 Å². The number of aliphatic hydroxyl groups excluding tert-OH is 1. The summed E-state index contributed by atoms with van der Waals surface area (Å²) < 4.78 is 13.2. The molecule has 0 aromatic carbocycles. The molecule has 0 aliphatic carbocycles. The lowest BCUT2D eigenvalue weighted by molar-refractivity contribution is 0.0664. The van der Waals surface area contributed by atoms with E-state index in [1.165, 1.54) is 161 Å². The van der Waals surface area contributed by atoms with Gasteiger partial charge in [0.25, 0.3) is 0 Å². The smallest absolute Gasteiger partial charge is 0.437 e. The SMILES string of the molecule is CCCCCCCC/C=C/CCCCCCCCO.CCCCCCCC/C=C/CCCCCCCCOC(=O)OCCl.O=C(Cl)OCCl. The highest BCUT2D eigenvalue weighted by Crippen LogP contribution is 2.11. The van der Waals surface area contributed by atoms with Crippen molar-refractivity contribution in [3.63, 3.8) is 0 Å². The first-order valence-corrected chi connectivity index (χ1v) is 21.1. The van der Waals surface area contributed by atoms with Crippen molar-refractivity contribution >= 4 is 46.4 Å². The summed E-state index contributed by atoms with van der Waals surface area (Å²) in [5, 5.41) is 8.66. The van der Waals surface area contributed by atoms with Crippen molar-refractivity contribution in [3.05, 3.63) is 24.3 Å². The first-order chi connectivity index (χ1) is 24.0. The number of halogens is 3. The Morgan fingerprint density at radius 1 is 0.469 bits per heavy atom. The van der Waals surface area contributed by atoms with Crippen molar-refractivity contribution in [3.8, 4) is 0 Å². The van der Waals surface area contributed by atoms with Gasteiger partial charge in [-0.05, 0) is 64.2 Å². The molecule has 0 amide bonds. The van der Waals surface area contributed by atoms with E-state index in [1.54, 1.807) is 0 Å². The monoisotopic (exact) mass is 756 g/mol. The minimum Gasteiger partial charge on any atom is -0.437 e. The summed E-state index contributed by atoms with van der Waals surface area (Å²) in [5.41, 5.74) is -0.870. The van der Waals surface area contributed by atoms with Crippen LogP contribution in [0, 0.1) is 0 Å². The molecule has 0 saturated heterocycles. The van der Waals surface area contributed by atoms with Gasteiger partial charge in [0.2, 0.25) is 0 Å². The summed E-state index contributed by atoms with van der Waals surface area (Å²) in [6.45, 7) is 5.33. The average Bonchev–Trinajstić information content (AvgIpc) is 3.08. The fourth-order valence-corrected chi connectivity index (χ4v) is 5.29. The van der Waals surface area contributed by atoms with E-state index in [0.29, 0.717) is 13.2 Å². The lowest BCUT2D eigenvalue weighted by Gasteiger charge is -2.03. The third-order valence-electron chi connectivity index (χ3n) is 7.89. The molecule has 0 saturated carbocycles.